The standard InChI is InChI=1S/C16H23NO3/c1-2-3-9-20-10-8-17-7-6-13-4-5-14(16(18)19)11-15(13)12-17/h4-5,11H,2-3,6-10,12H2,1H3,(H,18,19). The summed E-state index contributed by atoms with van der Waals surface area (Å²) in [6.07, 6.45) is 3.27. The first-order valence-corrected chi connectivity index (χ1v) is 7.36. The Morgan fingerprint density at radius 3 is 2.95 bits per heavy atom. The second-order valence-electron chi connectivity index (χ2n) is 5.28. The van der Waals surface area contributed by atoms with Crippen LogP contribution in [0, 0.1) is 0 Å². The molecule has 1 N–H and O–H groups in total. The van der Waals surface area contributed by atoms with Crippen LogP contribution in [0.5, 0.6) is 0 Å². The van der Waals surface area contributed by atoms with Crippen molar-refractivity contribution in [2.24, 2.45) is 0 Å². The van der Waals surface area contributed by atoms with E-state index in [1.165, 1.54) is 5.56 Å². The average Bonchev–Trinajstić information content (AvgIpc) is 2.46. The molecule has 1 aliphatic heterocycles. The molecule has 20 heavy (non-hydrogen) atoms. The van der Waals surface area contributed by atoms with E-state index in [4.69, 9.17) is 9.84 Å². The smallest absolute Gasteiger partial charge is 0.335 e. The molecule has 1 aliphatic rings. The number of carboxylic acids is 1. The topological polar surface area (TPSA) is 49.8 Å². The van der Waals surface area contributed by atoms with Gasteiger partial charge in [-0.25, -0.2) is 4.79 Å². The Balaban J connectivity index is 1.86. The molecule has 2 rings (SSSR count). The molecule has 0 saturated carbocycles. The van der Waals surface area contributed by atoms with Gasteiger partial charge < -0.3 is 9.84 Å². The third-order valence-electron chi connectivity index (χ3n) is 3.74. The summed E-state index contributed by atoms with van der Waals surface area (Å²) < 4.78 is 5.59. The number of carboxylic acid groups (broad SMARTS) is 1. The van der Waals surface area contributed by atoms with E-state index in [-0.39, 0.29) is 0 Å². The lowest BCUT2D eigenvalue weighted by molar-refractivity contribution is 0.0696. The van der Waals surface area contributed by atoms with Crippen LogP contribution in [-0.2, 0) is 17.7 Å². The highest BCUT2D eigenvalue weighted by atomic mass is 16.5. The molecule has 0 bridgehead atoms. The molecule has 0 saturated heterocycles. The molecule has 1 aromatic carbocycles. The van der Waals surface area contributed by atoms with E-state index in [9.17, 15) is 4.79 Å². The van der Waals surface area contributed by atoms with Crippen molar-refractivity contribution in [2.45, 2.75) is 32.7 Å². The molecule has 0 spiro atoms. The van der Waals surface area contributed by atoms with E-state index < -0.39 is 5.97 Å². The van der Waals surface area contributed by atoms with Crippen molar-refractivity contribution in [3.63, 3.8) is 0 Å². The minimum absolute atomic E-state index is 0.379. The van der Waals surface area contributed by atoms with Crippen molar-refractivity contribution in [1.29, 1.82) is 0 Å². The number of hydrogen-bond donors (Lipinski definition) is 1. The monoisotopic (exact) mass is 277 g/mol. The molecule has 0 unspecified atom stereocenters. The van der Waals surface area contributed by atoms with Gasteiger partial charge in [-0.2, -0.15) is 0 Å². The highest BCUT2D eigenvalue weighted by molar-refractivity contribution is 5.87. The van der Waals surface area contributed by atoms with Crippen molar-refractivity contribution < 1.29 is 14.6 Å². The lowest BCUT2D eigenvalue weighted by atomic mass is 9.97. The number of benzene rings is 1. The SMILES string of the molecule is CCCCOCCN1CCc2ccc(C(=O)O)cc2C1. The number of rotatable bonds is 7. The van der Waals surface area contributed by atoms with Crippen molar-refractivity contribution in [3.8, 4) is 0 Å². The molecule has 0 aromatic heterocycles. The van der Waals surface area contributed by atoms with Gasteiger partial charge in [0.2, 0.25) is 0 Å². The molecule has 1 aromatic rings. The summed E-state index contributed by atoms with van der Waals surface area (Å²) in [4.78, 5) is 13.3. The normalized spacial score (nSPS) is 15.1. The van der Waals surface area contributed by atoms with Gasteiger partial charge in [-0.3, -0.25) is 4.90 Å². The van der Waals surface area contributed by atoms with Crippen molar-refractivity contribution in [1.82, 2.24) is 4.90 Å². The zero-order valence-corrected chi connectivity index (χ0v) is 12.1. The number of fused-ring (bicyclic) bond motifs is 1. The van der Waals surface area contributed by atoms with Crippen LogP contribution in [0.1, 0.15) is 41.3 Å². The van der Waals surface area contributed by atoms with Gasteiger partial charge in [0, 0.05) is 26.2 Å². The quantitative estimate of drug-likeness (QED) is 0.778. The minimum atomic E-state index is -0.854. The van der Waals surface area contributed by atoms with E-state index in [1.54, 1.807) is 6.07 Å². The molecule has 0 aliphatic carbocycles. The Morgan fingerprint density at radius 1 is 1.35 bits per heavy atom. The van der Waals surface area contributed by atoms with Crippen molar-refractivity contribution in [2.75, 3.05) is 26.3 Å². The Labute approximate surface area is 120 Å². The molecular weight excluding hydrogens is 254 g/mol. The summed E-state index contributed by atoms with van der Waals surface area (Å²) in [5.74, 6) is -0.854. The number of nitrogens with zero attached hydrogens (tertiary/aromatic N) is 1. The van der Waals surface area contributed by atoms with Gasteiger partial charge in [0.15, 0.2) is 0 Å². The van der Waals surface area contributed by atoms with Crippen LogP contribution in [0.3, 0.4) is 0 Å². The fraction of sp³-hybridized carbons (Fsp3) is 0.562. The fourth-order valence-corrected chi connectivity index (χ4v) is 2.48. The predicted molar refractivity (Wildman–Crippen MR) is 78.1 cm³/mol. The lowest BCUT2D eigenvalue weighted by Crippen LogP contribution is -2.33. The Morgan fingerprint density at radius 2 is 2.20 bits per heavy atom. The molecule has 0 radical (unpaired) electrons. The molecular formula is C16H23NO3. The first-order valence-electron chi connectivity index (χ1n) is 7.36. The van der Waals surface area contributed by atoms with Crippen molar-refractivity contribution in [3.05, 3.63) is 34.9 Å². The number of unbranched alkanes of at least 4 members (excludes halogenated alkanes) is 1. The summed E-state index contributed by atoms with van der Waals surface area (Å²) in [5.41, 5.74) is 2.80. The summed E-state index contributed by atoms with van der Waals surface area (Å²) in [7, 11) is 0. The highest BCUT2D eigenvalue weighted by Gasteiger charge is 2.17. The van der Waals surface area contributed by atoms with Gasteiger partial charge >= 0.3 is 5.97 Å². The molecule has 0 atom stereocenters. The third-order valence-corrected chi connectivity index (χ3v) is 3.74. The van der Waals surface area contributed by atoms with E-state index in [0.29, 0.717) is 5.56 Å². The molecule has 4 heteroatoms. The molecule has 1 heterocycles. The maximum absolute atomic E-state index is 11.0. The number of aromatic carboxylic acids is 1. The van der Waals surface area contributed by atoms with Gasteiger partial charge in [-0.1, -0.05) is 19.4 Å². The van der Waals surface area contributed by atoms with Crippen LogP contribution in [0.25, 0.3) is 0 Å². The van der Waals surface area contributed by atoms with Gasteiger partial charge in [0.1, 0.15) is 0 Å². The zero-order valence-electron chi connectivity index (χ0n) is 12.1. The van der Waals surface area contributed by atoms with Gasteiger partial charge in [0.05, 0.1) is 12.2 Å². The number of hydrogen-bond acceptors (Lipinski definition) is 3. The number of ether oxygens (including phenoxy) is 1. The van der Waals surface area contributed by atoms with Crippen molar-refractivity contribution >= 4 is 5.97 Å². The largest absolute Gasteiger partial charge is 0.478 e. The number of carbonyl (C=O) groups is 1. The average molecular weight is 277 g/mol. The first-order chi connectivity index (χ1) is 9.70. The Bertz CT molecular complexity index is 459. The summed E-state index contributed by atoms with van der Waals surface area (Å²) in [6.45, 7) is 6.52. The second-order valence-corrected chi connectivity index (χ2v) is 5.28. The van der Waals surface area contributed by atoms with Gasteiger partial charge in [-0.15, -0.1) is 0 Å². The maximum atomic E-state index is 11.0. The van der Waals surface area contributed by atoms with Crippen LogP contribution in [0.2, 0.25) is 0 Å². The summed E-state index contributed by atoms with van der Waals surface area (Å²) >= 11 is 0. The van der Waals surface area contributed by atoms with Crippen LogP contribution in [0.15, 0.2) is 18.2 Å². The molecule has 110 valence electrons. The minimum Gasteiger partial charge on any atom is -0.478 e. The van der Waals surface area contributed by atoms with E-state index in [2.05, 4.69) is 11.8 Å². The maximum Gasteiger partial charge on any atom is 0.335 e. The summed E-state index contributed by atoms with van der Waals surface area (Å²) in [5, 5.41) is 9.04. The van der Waals surface area contributed by atoms with Crippen LogP contribution < -0.4 is 0 Å². The van der Waals surface area contributed by atoms with Crippen LogP contribution in [-0.4, -0.2) is 42.3 Å². The zero-order chi connectivity index (χ0) is 14.4. The van der Waals surface area contributed by atoms with Gasteiger partial charge in [0.25, 0.3) is 0 Å². The van der Waals surface area contributed by atoms with E-state index in [1.807, 2.05) is 12.1 Å². The second kappa shape index (κ2) is 7.41. The molecule has 4 nitrogen and oxygen atoms in total. The fourth-order valence-electron chi connectivity index (χ4n) is 2.48. The summed E-state index contributed by atoms with van der Waals surface area (Å²) in [6, 6.07) is 5.46. The van der Waals surface area contributed by atoms with Crippen LogP contribution in [0.4, 0.5) is 0 Å². The van der Waals surface area contributed by atoms with E-state index >= 15 is 0 Å². The lowest BCUT2D eigenvalue weighted by Gasteiger charge is -2.28. The first kappa shape index (κ1) is 15.0. The highest BCUT2D eigenvalue weighted by Crippen LogP contribution is 2.20. The third kappa shape index (κ3) is 4.05. The van der Waals surface area contributed by atoms with Crippen LogP contribution >= 0.6 is 0 Å². The molecule has 0 fully saturated rings. The Hall–Kier alpha value is -1.39. The Kier molecular flexibility index (Phi) is 5.56. The predicted octanol–water partition coefficient (Wildman–Crippen LogP) is 2.56. The molecule has 0 amide bonds. The van der Waals surface area contributed by atoms with Gasteiger partial charge in [-0.05, 0) is 36.1 Å². The van der Waals surface area contributed by atoms with E-state index in [0.717, 1.165) is 57.7 Å².